The van der Waals surface area contributed by atoms with E-state index in [9.17, 15) is 4.79 Å². The van der Waals surface area contributed by atoms with Gasteiger partial charge in [0.1, 0.15) is 5.82 Å². The van der Waals surface area contributed by atoms with E-state index in [2.05, 4.69) is 15.4 Å². The Morgan fingerprint density at radius 2 is 1.81 bits per heavy atom. The predicted molar refractivity (Wildman–Crippen MR) is 121 cm³/mol. The molecular weight excluding hydrogens is 414 g/mol. The molecule has 8 nitrogen and oxygen atoms in total. The van der Waals surface area contributed by atoms with Crippen LogP contribution in [0.2, 0.25) is 0 Å². The van der Waals surface area contributed by atoms with E-state index in [0.29, 0.717) is 33.6 Å². The number of ether oxygens (including phenoxy) is 2. The molecule has 1 N–H and O–H groups in total. The van der Waals surface area contributed by atoms with Crippen molar-refractivity contribution in [2.75, 3.05) is 25.3 Å². The summed E-state index contributed by atoms with van der Waals surface area (Å²) in [6, 6.07) is 9.57. The van der Waals surface area contributed by atoms with Crippen LogP contribution in [0.3, 0.4) is 0 Å². The number of anilines is 1. The van der Waals surface area contributed by atoms with Gasteiger partial charge in [-0.15, -0.1) is 5.10 Å². The minimum atomic E-state index is -0.115. The largest absolute Gasteiger partial charge is 0.493 e. The fourth-order valence-corrected chi connectivity index (χ4v) is 4.12. The molecule has 0 atom stereocenters. The van der Waals surface area contributed by atoms with Gasteiger partial charge >= 0.3 is 0 Å². The van der Waals surface area contributed by atoms with Gasteiger partial charge in [-0.3, -0.25) is 4.79 Å². The zero-order valence-electron chi connectivity index (χ0n) is 18.0. The summed E-state index contributed by atoms with van der Waals surface area (Å²) in [5.41, 5.74) is 4.33. The number of benzene rings is 2. The summed E-state index contributed by atoms with van der Waals surface area (Å²) in [6.45, 7) is 5.82. The van der Waals surface area contributed by atoms with Crippen molar-refractivity contribution < 1.29 is 14.3 Å². The third kappa shape index (κ3) is 4.13. The molecule has 0 aliphatic heterocycles. The van der Waals surface area contributed by atoms with E-state index in [1.165, 1.54) is 11.8 Å². The molecule has 9 heteroatoms. The van der Waals surface area contributed by atoms with E-state index < -0.39 is 0 Å². The first kappa shape index (κ1) is 20.9. The third-order valence-corrected chi connectivity index (χ3v) is 5.77. The molecule has 0 saturated heterocycles. The van der Waals surface area contributed by atoms with Gasteiger partial charge in [0, 0.05) is 17.1 Å². The van der Waals surface area contributed by atoms with Crippen molar-refractivity contribution >= 4 is 39.9 Å². The Morgan fingerprint density at radius 1 is 1.06 bits per heavy atom. The van der Waals surface area contributed by atoms with E-state index in [0.717, 1.165) is 22.2 Å². The normalized spacial score (nSPS) is 11.1. The zero-order valence-corrected chi connectivity index (χ0v) is 18.8. The van der Waals surface area contributed by atoms with E-state index in [4.69, 9.17) is 14.5 Å². The van der Waals surface area contributed by atoms with Crippen molar-refractivity contribution in [3.05, 3.63) is 47.3 Å². The molecule has 0 fully saturated rings. The van der Waals surface area contributed by atoms with Gasteiger partial charge in [0.05, 0.1) is 25.5 Å². The molecule has 2 aromatic carbocycles. The summed E-state index contributed by atoms with van der Waals surface area (Å²) in [5, 5.41) is 8.80. The molecule has 31 heavy (non-hydrogen) atoms. The van der Waals surface area contributed by atoms with Crippen LogP contribution in [-0.4, -0.2) is 45.5 Å². The molecule has 0 saturated carbocycles. The van der Waals surface area contributed by atoms with Crippen LogP contribution in [0, 0.1) is 20.8 Å². The number of hydrogen-bond acceptors (Lipinski definition) is 7. The van der Waals surface area contributed by atoms with Crippen LogP contribution in [0.25, 0.3) is 16.6 Å². The van der Waals surface area contributed by atoms with Crippen LogP contribution in [0.15, 0.2) is 35.5 Å². The van der Waals surface area contributed by atoms with Crippen LogP contribution >= 0.6 is 11.8 Å². The van der Waals surface area contributed by atoms with E-state index >= 15 is 0 Å². The lowest BCUT2D eigenvalue weighted by molar-refractivity contribution is -0.113. The quantitative estimate of drug-likeness (QED) is 0.361. The van der Waals surface area contributed by atoms with Crippen molar-refractivity contribution in [2.45, 2.75) is 25.9 Å². The monoisotopic (exact) mass is 437 g/mol. The number of methoxy groups -OCH3 is 2. The molecule has 4 rings (SSSR count). The minimum Gasteiger partial charge on any atom is -0.493 e. The molecule has 160 valence electrons. The third-order valence-electron chi connectivity index (χ3n) is 4.84. The van der Waals surface area contributed by atoms with Gasteiger partial charge in [-0.25, -0.2) is 9.97 Å². The summed E-state index contributed by atoms with van der Waals surface area (Å²) in [4.78, 5) is 21.8. The van der Waals surface area contributed by atoms with Crippen molar-refractivity contribution in [3.63, 3.8) is 0 Å². The number of carbonyl (C=O) groups excluding carboxylic acids is 1. The van der Waals surface area contributed by atoms with Crippen LogP contribution < -0.4 is 14.8 Å². The Kier molecular flexibility index (Phi) is 5.69. The number of aromatic nitrogens is 4. The lowest BCUT2D eigenvalue weighted by Crippen LogP contribution is -2.15. The standard InChI is InChI=1S/C22H23N5O3S/c1-12-6-7-16(13(2)8-12)24-20(28)11-31-22-25-17-10-19(30-5)18(29-4)9-15(17)21-23-14(3)26-27(21)22/h6-10H,11H2,1-5H3,(H,24,28). The molecule has 0 unspecified atom stereocenters. The number of aryl methyl sites for hydroxylation is 3. The number of thioether (sulfide) groups is 1. The second-order valence-electron chi connectivity index (χ2n) is 7.17. The summed E-state index contributed by atoms with van der Waals surface area (Å²) in [5.74, 6) is 1.86. The maximum Gasteiger partial charge on any atom is 0.234 e. The Balaban J connectivity index is 1.65. The Hall–Kier alpha value is -3.33. The van der Waals surface area contributed by atoms with E-state index in [-0.39, 0.29) is 11.7 Å². The average Bonchev–Trinajstić information content (AvgIpc) is 3.14. The number of rotatable bonds is 6. The fraction of sp³-hybridized carbons (Fsp3) is 0.273. The lowest BCUT2D eigenvalue weighted by Gasteiger charge is -2.11. The zero-order chi connectivity index (χ0) is 22.1. The van der Waals surface area contributed by atoms with Gasteiger partial charge in [0.25, 0.3) is 0 Å². The van der Waals surface area contributed by atoms with Gasteiger partial charge in [-0.2, -0.15) is 4.52 Å². The number of amides is 1. The molecule has 1 amide bonds. The number of nitrogens with one attached hydrogen (secondary N) is 1. The van der Waals surface area contributed by atoms with Crippen molar-refractivity contribution in [1.29, 1.82) is 0 Å². The van der Waals surface area contributed by atoms with Crippen LogP contribution in [0.5, 0.6) is 11.5 Å². The van der Waals surface area contributed by atoms with Crippen molar-refractivity contribution in [3.8, 4) is 11.5 Å². The van der Waals surface area contributed by atoms with Gasteiger partial charge < -0.3 is 14.8 Å². The number of carbonyl (C=O) groups is 1. The van der Waals surface area contributed by atoms with Crippen molar-refractivity contribution in [1.82, 2.24) is 19.6 Å². The van der Waals surface area contributed by atoms with Crippen LogP contribution in [0.1, 0.15) is 17.0 Å². The topological polar surface area (TPSA) is 90.6 Å². The first-order valence-corrected chi connectivity index (χ1v) is 10.7. The summed E-state index contributed by atoms with van der Waals surface area (Å²) >= 11 is 1.30. The smallest absolute Gasteiger partial charge is 0.234 e. The molecule has 2 heterocycles. The Labute approximate surface area is 184 Å². The number of fused-ring (bicyclic) bond motifs is 3. The highest BCUT2D eigenvalue weighted by Crippen LogP contribution is 2.34. The molecule has 2 aromatic heterocycles. The minimum absolute atomic E-state index is 0.115. The van der Waals surface area contributed by atoms with Gasteiger partial charge in [0.2, 0.25) is 5.91 Å². The maximum absolute atomic E-state index is 12.6. The number of nitrogens with zero attached hydrogens (tertiary/aromatic N) is 4. The molecule has 0 bridgehead atoms. The Morgan fingerprint density at radius 3 is 2.52 bits per heavy atom. The molecule has 4 aromatic rings. The summed E-state index contributed by atoms with van der Waals surface area (Å²) in [6.07, 6.45) is 0. The highest BCUT2D eigenvalue weighted by Gasteiger charge is 2.17. The summed E-state index contributed by atoms with van der Waals surface area (Å²) in [7, 11) is 3.17. The average molecular weight is 438 g/mol. The molecule has 0 radical (unpaired) electrons. The summed E-state index contributed by atoms with van der Waals surface area (Å²) < 4.78 is 12.5. The van der Waals surface area contributed by atoms with Crippen LogP contribution in [-0.2, 0) is 4.79 Å². The van der Waals surface area contributed by atoms with Gasteiger partial charge in [-0.1, -0.05) is 29.5 Å². The Bertz CT molecular complexity index is 1300. The number of hydrogen-bond donors (Lipinski definition) is 1. The second-order valence-corrected chi connectivity index (χ2v) is 8.11. The maximum atomic E-state index is 12.6. The molecule has 0 aliphatic rings. The molecular formula is C22H23N5O3S. The van der Waals surface area contributed by atoms with E-state index in [1.54, 1.807) is 24.8 Å². The highest BCUT2D eigenvalue weighted by atomic mass is 32.2. The fourth-order valence-electron chi connectivity index (χ4n) is 3.38. The van der Waals surface area contributed by atoms with E-state index in [1.807, 2.05) is 45.0 Å². The predicted octanol–water partition coefficient (Wildman–Crippen LogP) is 3.95. The first-order valence-electron chi connectivity index (χ1n) is 9.68. The first-order chi connectivity index (χ1) is 14.9. The SMILES string of the molecule is COc1cc2nc(SCC(=O)Nc3ccc(C)cc3C)n3nc(C)nc3c2cc1OC. The van der Waals surface area contributed by atoms with Crippen molar-refractivity contribution in [2.24, 2.45) is 0 Å². The van der Waals surface area contributed by atoms with Crippen LogP contribution in [0.4, 0.5) is 5.69 Å². The molecule has 0 aliphatic carbocycles. The lowest BCUT2D eigenvalue weighted by atomic mass is 10.1. The molecule has 0 spiro atoms. The van der Waals surface area contributed by atoms with Gasteiger partial charge in [0.15, 0.2) is 22.3 Å². The highest BCUT2D eigenvalue weighted by molar-refractivity contribution is 7.99. The second kappa shape index (κ2) is 8.43. The van der Waals surface area contributed by atoms with Gasteiger partial charge in [-0.05, 0) is 38.5 Å².